The molecule has 1 aliphatic heterocycles. The van der Waals surface area contributed by atoms with Gasteiger partial charge in [0.15, 0.2) is 0 Å². The van der Waals surface area contributed by atoms with Gasteiger partial charge in [-0.3, -0.25) is 9.59 Å². The van der Waals surface area contributed by atoms with Gasteiger partial charge in [0.1, 0.15) is 11.5 Å². The molecule has 1 atom stereocenters. The maximum atomic E-state index is 13.1. The summed E-state index contributed by atoms with van der Waals surface area (Å²) in [6.45, 7) is 2.13. The first kappa shape index (κ1) is 23.1. The summed E-state index contributed by atoms with van der Waals surface area (Å²) in [7, 11) is 0. The number of rotatable bonds is 5. The van der Waals surface area contributed by atoms with Crippen molar-refractivity contribution in [2.45, 2.75) is 19.4 Å². The number of benzene rings is 3. The lowest BCUT2D eigenvalue weighted by atomic mass is 9.94. The van der Waals surface area contributed by atoms with E-state index in [-0.39, 0.29) is 23.6 Å². The number of carbonyl (C=O) groups is 2. The summed E-state index contributed by atoms with van der Waals surface area (Å²) in [4.78, 5) is 27.6. The number of phenolic OH excluding ortho intramolecular Hbond substituents is 1. The highest BCUT2D eigenvalue weighted by atomic mass is 79.9. The minimum Gasteiger partial charge on any atom is -0.508 e. The standard InChI is InChI=1S/C26H21BrClNO4/c1-15-13-18(7-10-21(15)27)24(31)22-23(17-3-2-4-20(30)14-17)29(26(33)25(22)32)12-11-16-5-8-19(28)9-6-16/h2-10,13-14,23,30-31H,11-12H2,1H3/b24-22-. The Labute approximate surface area is 205 Å². The van der Waals surface area contributed by atoms with E-state index in [2.05, 4.69) is 15.9 Å². The maximum Gasteiger partial charge on any atom is 0.295 e. The van der Waals surface area contributed by atoms with Crippen LogP contribution in [0.3, 0.4) is 0 Å². The highest BCUT2D eigenvalue weighted by molar-refractivity contribution is 9.10. The number of hydrogen-bond donors (Lipinski definition) is 2. The number of amides is 1. The lowest BCUT2D eigenvalue weighted by Gasteiger charge is -2.25. The summed E-state index contributed by atoms with van der Waals surface area (Å²) in [5.74, 6) is -1.67. The van der Waals surface area contributed by atoms with Crippen LogP contribution in [-0.4, -0.2) is 33.3 Å². The number of hydrogen-bond acceptors (Lipinski definition) is 4. The van der Waals surface area contributed by atoms with Crippen LogP contribution < -0.4 is 0 Å². The fraction of sp³-hybridized carbons (Fsp3) is 0.154. The number of phenols is 1. The van der Waals surface area contributed by atoms with Gasteiger partial charge < -0.3 is 15.1 Å². The van der Waals surface area contributed by atoms with E-state index < -0.39 is 17.7 Å². The van der Waals surface area contributed by atoms with Crippen LogP contribution in [-0.2, 0) is 16.0 Å². The van der Waals surface area contributed by atoms with Crippen molar-refractivity contribution >= 4 is 45.0 Å². The molecule has 5 nitrogen and oxygen atoms in total. The minimum absolute atomic E-state index is 0.00317. The van der Waals surface area contributed by atoms with Crippen molar-refractivity contribution in [3.8, 4) is 5.75 Å². The van der Waals surface area contributed by atoms with Gasteiger partial charge in [-0.15, -0.1) is 0 Å². The van der Waals surface area contributed by atoms with Crippen LogP contribution in [0.25, 0.3) is 5.76 Å². The zero-order valence-electron chi connectivity index (χ0n) is 17.8. The van der Waals surface area contributed by atoms with Crippen LogP contribution in [0.1, 0.15) is 28.3 Å². The number of aliphatic hydroxyl groups is 1. The number of ketones is 1. The van der Waals surface area contributed by atoms with Crippen LogP contribution in [0.15, 0.2) is 76.8 Å². The van der Waals surface area contributed by atoms with Gasteiger partial charge in [-0.05, 0) is 66.4 Å². The second kappa shape index (κ2) is 9.41. The normalized spacial score (nSPS) is 17.5. The maximum absolute atomic E-state index is 13.1. The fourth-order valence-corrected chi connectivity index (χ4v) is 4.37. The molecule has 33 heavy (non-hydrogen) atoms. The molecule has 0 aliphatic carbocycles. The quantitative estimate of drug-likeness (QED) is 0.251. The molecule has 168 valence electrons. The molecule has 1 saturated heterocycles. The average molecular weight is 527 g/mol. The van der Waals surface area contributed by atoms with E-state index in [0.717, 1.165) is 15.6 Å². The van der Waals surface area contributed by atoms with Crippen molar-refractivity contribution in [2.75, 3.05) is 6.54 Å². The number of aliphatic hydroxyl groups excluding tert-OH is 1. The third kappa shape index (κ3) is 4.68. The van der Waals surface area contributed by atoms with Crippen LogP contribution in [0, 0.1) is 6.92 Å². The van der Waals surface area contributed by atoms with Gasteiger partial charge in [-0.2, -0.15) is 0 Å². The van der Waals surface area contributed by atoms with E-state index >= 15 is 0 Å². The Kier molecular flexibility index (Phi) is 6.58. The van der Waals surface area contributed by atoms with E-state index in [9.17, 15) is 19.8 Å². The summed E-state index contributed by atoms with van der Waals surface area (Å²) in [6, 6.07) is 18.1. The molecule has 0 spiro atoms. The number of likely N-dealkylation sites (tertiary alicyclic amines) is 1. The lowest BCUT2D eigenvalue weighted by molar-refractivity contribution is -0.139. The Morgan fingerprint density at radius 1 is 1.06 bits per heavy atom. The zero-order valence-corrected chi connectivity index (χ0v) is 20.1. The number of nitrogens with zero attached hydrogens (tertiary/aromatic N) is 1. The Hall–Kier alpha value is -3.09. The number of aryl methyl sites for hydroxylation is 1. The molecule has 2 N–H and O–H groups in total. The Morgan fingerprint density at radius 3 is 2.45 bits per heavy atom. The highest BCUT2D eigenvalue weighted by Crippen LogP contribution is 2.40. The summed E-state index contributed by atoms with van der Waals surface area (Å²) < 4.78 is 0.868. The molecule has 0 bridgehead atoms. The van der Waals surface area contributed by atoms with Crippen molar-refractivity contribution in [2.24, 2.45) is 0 Å². The Bertz CT molecular complexity index is 1270. The lowest BCUT2D eigenvalue weighted by Crippen LogP contribution is -2.31. The van der Waals surface area contributed by atoms with Gasteiger partial charge in [-0.1, -0.05) is 57.9 Å². The van der Waals surface area contributed by atoms with Crippen molar-refractivity contribution in [1.82, 2.24) is 4.90 Å². The average Bonchev–Trinajstić information content (AvgIpc) is 3.05. The predicted molar refractivity (Wildman–Crippen MR) is 131 cm³/mol. The number of Topliss-reactive ketones (excluding diaryl/α,β-unsaturated/α-hetero) is 1. The van der Waals surface area contributed by atoms with Crippen molar-refractivity contribution in [3.63, 3.8) is 0 Å². The number of aromatic hydroxyl groups is 1. The van der Waals surface area contributed by atoms with Gasteiger partial charge in [0.25, 0.3) is 11.7 Å². The molecule has 1 heterocycles. The molecule has 1 aliphatic rings. The second-order valence-electron chi connectivity index (χ2n) is 7.93. The first-order valence-corrected chi connectivity index (χ1v) is 11.5. The SMILES string of the molecule is Cc1cc(/C(O)=C2/C(=O)C(=O)N(CCc3ccc(Cl)cc3)C2c2cccc(O)c2)ccc1Br. The van der Waals surface area contributed by atoms with Gasteiger partial charge >= 0.3 is 0 Å². The van der Waals surface area contributed by atoms with Crippen LogP contribution >= 0.6 is 27.5 Å². The molecule has 0 saturated carbocycles. The van der Waals surface area contributed by atoms with Crippen LogP contribution in [0.4, 0.5) is 0 Å². The van der Waals surface area contributed by atoms with E-state index in [0.29, 0.717) is 22.6 Å². The van der Waals surface area contributed by atoms with Gasteiger partial charge in [0.2, 0.25) is 0 Å². The topological polar surface area (TPSA) is 77.8 Å². The fourth-order valence-electron chi connectivity index (χ4n) is 4.00. The van der Waals surface area contributed by atoms with Crippen LogP contribution in [0.5, 0.6) is 5.75 Å². The largest absolute Gasteiger partial charge is 0.508 e. The number of carbonyl (C=O) groups excluding carboxylic acids is 2. The molecule has 3 aromatic carbocycles. The second-order valence-corrected chi connectivity index (χ2v) is 9.22. The predicted octanol–water partition coefficient (Wildman–Crippen LogP) is 5.78. The zero-order chi connectivity index (χ0) is 23.7. The minimum atomic E-state index is -0.826. The first-order valence-electron chi connectivity index (χ1n) is 10.3. The third-order valence-corrected chi connectivity index (χ3v) is 6.85. The van der Waals surface area contributed by atoms with Crippen molar-refractivity contribution < 1.29 is 19.8 Å². The Morgan fingerprint density at radius 2 is 1.79 bits per heavy atom. The molecule has 0 aromatic heterocycles. The first-order chi connectivity index (χ1) is 15.8. The summed E-state index contributed by atoms with van der Waals surface area (Å²) >= 11 is 9.40. The molecule has 1 fully saturated rings. The molecule has 3 aromatic rings. The van der Waals surface area contributed by atoms with Gasteiger partial charge in [0.05, 0.1) is 11.6 Å². The Balaban J connectivity index is 1.79. The summed E-state index contributed by atoms with van der Waals surface area (Å²) in [6.07, 6.45) is 0.497. The molecule has 1 amide bonds. The van der Waals surface area contributed by atoms with Crippen LogP contribution in [0.2, 0.25) is 5.02 Å². The van der Waals surface area contributed by atoms with Gasteiger partial charge in [0, 0.05) is 21.6 Å². The van der Waals surface area contributed by atoms with Gasteiger partial charge in [-0.25, -0.2) is 0 Å². The smallest absolute Gasteiger partial charge is 0.295 e. The summed E-state index contributed by atoms with van der Waals surface area (Å²) in [5.41, 5.74) is 2.82. The van der Waals surface area contributed by atoms with Crippen molar-refractivity contribution in [3.05, 3.63) is 104 Å². The van der Waals surface area contributed by atoms with E-state index in [4.69, 9.17) is 11.6 Å². The van der Waals surface area contributed by atoms with E-state index in [1.54, 1.807) is 42.5 Å². The van der Waals surface area contributed by atoms with Crippen molar-refractivity contribution in [1.29, 1.82) is 0 Å². The van der Waals surface area contributed by atoms with E-state index in [1.165, 1.54) is 17.0 Å². The molecule has 0 radical (unpaired) electrons. The molecule has 1 unspecified atom stereocenters. The highest BCUT2D eigenvalue weighted by Gasteiger charge is 2.45. The third-order valence-electron chi connectivity index (χ3n) is 5.71. The monoisotopic (exact) mass is 525 g/mol. The molecular weight excluding hydrogens is 506 g/mol. The molecular formula is C26H21BrClNO4. The molecule has 4 rings (SSSR count). The summed E-state index contributed by atoms with van der Waals surface area (Å²) in [5, 5.41) is 21.8. The van der Waals surface area contributed by atoms with E-state index in [1.807, 2.05) is 19.1 Å². The molecule has 7 heteroatoms. The number of halogens is 2.